The zero-order valence-electron chi connectivity index (χ0n) is 20.5. The summed E-state index contributed by atoms with van der Waals surface area (Å²) in [7, 11) is 0. The van der Waals surface area contributed by atoms with Gasteiger partial charge in [-0.1, -0.05) is 66.7 Å². The van der Waals surface area contributed by atoms with E-state index in [0.29, 0.717) is 17.9 Å². The number of nitrogens with one attached hydrogen (secondary N) is 1. The van der Waals surface area contributed by atoms with Gasteiger partial charge in [-0.05, 0) is 70.0 Å². The van der Waals surface area contributed by atoms with Gasteiger partial charge in [0.15, 0.2) is 5.82 Å². The first-order chi connectivity index (χ1) is 17.6. The van der Waals surface area contributed by atoms with E-state index in [-0.39, 0.29) is 11.6 Å². The molecule has 36 heavy (non-hydrogen) atoms. The third-order valence-corrected chi connectivity index (χ3v) is 7.38. The van der Waals surface area contributed by atoms with Crippen molar-refractivity contribution < 1.29 is 0 Å². The maximum Gasteiger partial charge on any atom is 0.253 e. The first kappa shape index (κ1) is 22.4. The average Bonchev–Trinajstić information content (AvgIpc) is 3.35. The first-order valence-corrected chi connectivity index (χ1v) is 12.3. The van der Waals surface area contributed by atoms with Crippen LogP contribution in [0, 0.1) is 13.8 Å². The normalized spacial score (nSPS) is 14.6. The highest BCUT2D eigenvalue weighted by Gasteiger charge is 2.32. The molecule has 7 heteroatoms. The number of pyridine rings is 1. The van der Waals surface area contributed by atoms with E-state index in [1.165, 1.54) is 11.1 Å². The summed E-state index contributed by atoms with van der Waals surface area (Å²) in [4.78, 5) is 19.1. The molecule has 0 saturated heterocycles. The summed E-state index contributed by atoms with van der Waals surface area (Å²) in [5, 5.41) is 13.9. The van der Waals surface area contributed by atoms with Crippen molar-refractivity contribution in [1.82, 2.24) is 30.1 Å². The fourth-order valence-electron chi connectivity index (χ4n) is 5.26. The van der Waals surface area contributed by atoms with Gasteiger partial charge in [0.05, 0.1) is 12.1 Å². The Morgan fingerprint density at radius 3 is 2.58 bits per heavy atom. The number of hydrogen-bond acceptors (Lipinski definition) is 5. The van der Waals surface area contributed by atoms with E-state index < -0.39 is 0 Å². The third-order valence-electron chi connectivity index (χ3n) is 7.38. The molecule has 0 radical (unpaired) electrons. The monoisotopic (exact) mass is 476 g/mol. The fourth-order valence-corrected chi connectivity index (χ4v) is 5.26. The zero-order valence-corrected chi connectivity index (χ0v) is 20.5. The lowest BCUT2D eigenvalue weighted by Crippen LogP contribution is -2.38. The molecule has 1 aliphatic rings. The first-order valence-electron chi connectivity index (χ1n) is 12.3. The second kappa shape index (κ2) is 9.17. The van der Waals surface area contributed by atoms with Crippen LogP contribution >= 0.6 is 0 Å². The molecule has 2 aromatic heterocycles. The zero-order chi connectivity index (χ0) is 24.6. The molecule has 0 bridgehead atoms. The van der Waals surface area contributed by atoms with Crippen LogP contribution in [0.15, 0.2) is 77.6 Å². The van der Waals surface area contributed by atoms with Crippen molar-refractivity contribution in [3.05, 3.63) is 122 Å². The van der Waals surface area contributed by atoms with Crippen molar-refractivity contribution >= 4 is 10.9 Å². The van der Waals surface area contributed by atoms with Gasteiger partial charge in [0.2, 0.25) is 0 Å². The maximum atomic E-state index is 13.6. The predicted octanol–water partition coefficient (Wildman–Crippen LogP) is 4.33. The van der Waals surface area contributed by atoms with Gasteiger partial charge in [-0.25, -0.2) is 4.68 Å². The molecule has 0 spiro atoms. The number of aryl methyl sites for hydroxylation is 2. The van der Waals surface area contributed by atoms with Crippen LogP contribution < -0.4 is 5.56 Å². The molecule has 180 valence electrons. The molecule has 1 atom stereocenters. The van der Waals surface area contributed by atoms with Gasteiger partial charge in [0.1, 0.15) is 6.04 Å². The van der Waals surface area contributed by atoms with Gasteiger partial charge in [-0.3, -0.25) is 9.69 Å². The Morgan fingerprint density at radius 2 is 1.75 bits per heavy atom. The largest absolute Gasteiger partial charge is 0.321 e. The smallest absolute Gasteiger partial charge is 0.253 e. The van der Waals surface area contributed by atoms with Crippen molar-refractivity contribution in [3.63, 3.8) is 0 Å². The van der Waals surface area contributed by atoms with Crippen LogP contribution in [0.25, 0.3) is 10.9 Å². The van der Waals surface area contributed by atoms with Crippen molar-refractivity contribution in [2.75, 3.05) is 6.54 Å². The Hall–Kier alpha value is -4.10. The molecular weight excluding hydrogens is 448 g/mol. The Balaban J connectivity index is 1.49. The van der Waals surface area contributed by atoms with E-state index in [9.17, 15) is 4.79 Å². The Labute approximate surface area is 209 Å². The molecule has 1 aliphatic heterocycles. The number of aromatic nitrogens is 5. The molecule has 1 unspecified atom stereocenters. The van der Waals surface area contributed by atoms with Crippen LogP contribution in [0.2, 0.25) is 0 Å². The quantitative estimate of drug-likeness (QED) is 0.409. The number of tetrazole rings is 1. The third kappa shape index (κ3) is 4.01. The summed E-state index contributed by atoms with van der Waals surface area (Å²) >= 11 is 0. The van der Waals surface area contributed by atoms with Crippen LogP contribution in [0.5, 0.6) is 0 Å². The molecule has 0 aliphatic carbocycles. The average molecular weight is 477 g/mol. The highest BCUT2D eigenvalue weighted by Crippen LogP contribution is 2.32. The SMILES string of the molecule is Cc1ccc2cc(C(c3nnnn3Cc3ccccc3)N3CCc4ccccc4C3)c(=O)[nH]c2c1C. The lowest BCUT2D eigenvalue weighted by Gasteiger charge is -2.34. The molecule has 6 rings (SSSR count). The molecule has 3 heterocycles. The summed E-state index contributed by atoms with van der Waals surface area (Å²) in [6.45, 7) is 6.18. The van der Waals surface area contributed by atoms with E-state index in [0.717, 1.165) is 47.1 Å². The summed E-state index contributed by atoms with van der Waals surface area (Å²) in [5.41, 5.74) is 7.43. The summed E-state index contributed by atoms with van der Waals surface area (Å²) in [5.74, 6) is 0.673. The van der Waals surface area contributed by atoms with Crippen LogP contribution in [0.1, 0.15) is 45.2 Å². The second-order valence-corrected chi connectivity index (χ2v) is 9.60. The van der Waals surface area contributed by atoms with Gasteiger partial charge in [-0.2, -0.15) is 0 Å². The van der Waals surface area contributed by atoms with Gasteiger partial charge >= 0.3 is 0 Å². The van der Waals surface area contributed by atoms with E-state index >= 15 is 0 Å². The Bertz CT molecular complexity index is 1600. The lowest BCUT2D eigenvalue weighted by atomic mass is 9.95. The minimum absolute atomic E-state index is 0.102. The molecule has 7 nitrogen and oxygen atoms in total. The standard InChI is InChI=1S/C29H28N6O/c1-19-12-13-23-16-25(29(36)30-26(23)20(19)2)27(34-15-14-22-10-6-7-11-24(22)18-34)28-31-32-33-35(28)17-21-8-4-3-5-9-21/h3-13,16,27H,14-15,17-18H2,1-2H3,(H,30,36). The molecule has 0 fully saturated rings. The number of benzene rings is 3. The van der Waals surface area contributed by atoms with Crippen LogP contribution in [-0.4, -0.2) is 36.6 Å². The molecule has 5 aromatic rings. The van der Waals surface area contributed by atoms with Crippen molar-refractivity contribution in [2.45, 2.75) is 39.4 Å². The molecule has 0 saturated carbocycles. The van der Waals surface area contributed by atoms with E-state index in [1.807, 2.05) is 35.9 Å². The molecular formula is C29H28N6O. The number of rotatable bonds is 5. The highest BCUT2D eigenvalue weighted by molar-refractivity contribution is 5.83. The van der Waals surface area contributed by atoms with Crippen LogP contribution in [0.3, 0.4) is 0 Å². The van der Waals surface area contributed by atoms with E-state index in [1.54, 1.807) is 0 Å². The predicted molar refractivity (Wildman–Crippen MR) is 140 cm³/mol. The minimum atomic E-state index is -0.383. The van der Waals surface area contributed by atoms with Gasteiger partial charge in [-0.15, -0.1) is 5.10 Å². The highest BCUT2D eigenvalue weighted by atomic mass is 16.1. The number of aromatic amines is 1. The number of H-pyrrole nitrogens is 1. The second-order valence-electron chi connectivity index (χ2n) is 9.60. The topological polar surface area (TPSA) is 79.7 Å². The number of hydrogen-bond donors (Lipinski definition) is 1. The van der Waals surface area contributed by atoms with Crippen molar-refractivity contribution in [2.24, 2.45) is 0 Å². The van der Waals surface area contributed by atoms with Crippen molar-refractivity contribution in [3.8, 4) is 0 Å². The van der Waals surface area contributed by atoms with Crippen LogP contribution in [0.4, 0.5) is 0 Å². The summed E-state index contributed by atoms with van der Waals surface area (Å²) in [6.07, 6.45) is 0.913. The van der Waals surface area contributed by atoms with Gasteiger partial charge in [0, 0.05) is 18.7 Å². The molecule has 1 N–H and O–H groups in total. The maximum absolute atomic E-state index is 13.6. The number of fused-ring (bicyclic) bond motifs is 2. The molecule has 0 amide bonds. The van der Waals surface area contributed by atoms with E-state index in [4.69, 9.17) is 0 Å². The minimum Gasteiger partial charge on any atom is -0.321 e. The lowest BCUT2D eigenvalue weighted by molar-refractivity contribution is 0.194. The Morgan fingerprint density at radius 1 is 0.972 bits per heavy atom. The van der Waals surface area contributed by atoms with E-state index in [2.05, 4.69) is 80.9 Å². The van der Waals surface area contributed by atoms with Gasteiger partial charge < -0.3 is 4.98 Å². The Kier molecular flexibility index (Phi) is 5.70. The van der Waals surface area contributed by atoms with Gasteiger partial charge in [0.25, 0.3) is 5.56 Å². The summed E-state index contributed by atoms with van der Waals surface area (Å²) in [6, 6.07) is 24.5. The molecule has 3 aromatic carbocycles. The van der Waals surface area contributed by atoms with Crippen LogP contribution in [-0.2, 0) is 19.5 Å². The fraction of sp³-hybridized carbons (Fsp3) is 0.241. The van der Waals surface area contributed by atoms with Crippen molar-refractivity contribution in [1.29, 1.82) is 0 Å². The summed E-state index contributed by atoms with van der Waals surface area (Å²) < 4.78 is 1.82. The number of nitrogens with zero attached hydrogens (tertiary/aromatic N) is 5.